The van der Waals surface area contributed by atoms with E-state index < -0.39 is 0 Å². The van der Waals surface area contributed by atoms with E-state index in [1.807, 2.05) is 55.5 Å². The Hall–Kier alpha value is -3.60. The molecular weight excluding hydrogens is 482 g/mol. The molecule has 2 aliphatic rings. The number of nitrogens with two attached hydrogens (primary N) is 1. The predicted molar refractivity (Wildman–Crippen MR) is 159 cm³/mol. The summed E-state index contributed by atoms with van der Waals surface area (Å²) in [5.74, 6) is 2.60. The molecule has 0 saturated heterocycles. The van der Waals surface area contributed by atoms with E-state index in [9.17, 15) is 4.79 Å². The highest BCUT2D eigenvalue weighted by atomic mass is 16.5. The second-order valence-corrected chi connectivity index (χ2v) is 11.1. The van der Waals surface area contributed by atoms with Crippen molar-refractivity contribution in [1.82, 2.24) is 4.90 Å². The van der Waals surface area contributed by atoms with Crippen molar-refractivity contribution in [2.45, 2.75) is 83.6 Å². The second-order valence-electron chi connectivity index (χ2n) is 11.1. The Morgan fingerprint density at radius 2 is 1.85 bits per heavy atom. The van der Waals surface area contributed by atoms with Crippen LogP contribution in [0.25, 0.3) is 0 Å². The topological polar surface area (TPSA) is 67.9 Å². The number of para-hydroxylation sites is 1. The maximum atomic E-state index is 13.5. The molecule has 204 valence electrons. The van der Waals surface area contributed by atoms with Crippen molar-refractivity contribution in [2.75, 3.05) is 6.54 Å². The minimum Gasteiger partial charge on any atom is -0.457 e. The summed E-state index contributed by atoms with van der Waals surface area (Å²) in [4.78, 5) is 20.3. The van der Waals surface area contributed by atoms with Crippen molar-refractivity contribution < 1.29 is 9.53 Å². The number of fused-ring (bicyclic) bond motifs is 1. The van der Waals surface area contributed by atoms with Gasteiger partial charge >= 0.3 is 0 Å². The first kappa shape index (κ1) is 27.0. The summed E-state index contributed by atoms with van der Waals surface area (Å²) < 4.78 is 6.18. The van der Waals surface area contributed by atoms with Crippen LogP contribution >= 0.6 is 0 Å². The van der Waals surface area contributed by atoms with Gasteiger partial charge in [-0.3, -0.25) is 4.79 Å². The van der Waals surface area contributed by atoms with E-state index in [0.717, 1.165) is 78.9 Å². The highest BCUT2D eigenvalue weighted by Gasteiger charge is 2.27. The summed E-state index contributed by atoms with van der Waals surface area (Å²) in [7, 11) is 0. The third-order valence-corrected chi connectivity index (χ3v) is 8.18. The first-order chi connectivity index (χ1) is 19.0. The molecule has 2 N–H and O–H groups in total. The quantitative estimate of drug-likeness (QED) is 0.292. The van der Waals surface area contributed by atoms with Gasteiger partial charge in [0.2, 0.25) is 0 Å². The van der Waals surface area contributed by atoms with Gasteiger partial charge in [0.25, 0.3) is 5.91 Å². The van der Waals surface area contributed by atoms with E-state index in [0.29, 0.717) is 11.9 Å². The number of ether oxygens (including phenoxy) is 1. The summed E-state index contributed by atoms with van der Waals surface area (Å²) in [5.41, 5.74) is 11.6. The van der Waals surface area contributed by atoms with Gasteiger partial charge in [-0.2, -0.15) is 0 Å². The maximum absolute atomic E-state index is 13.5. The molecule has 1 saturated carbocycles. The highest BCUT2D eigenvalue weighted by molar-refractivity contribution is 5.95. The number of nitrogens with zero attached hydrogens (tertiary/aromatic N) is 2. The van der Waals surface area contributed by atoms with Gasteiger partial charge in [-0.1, -0.05) is 56.5 Å². The molecule has 1 atom stereocenters. The lowest BCUT2D eigenvalue weighted by atomic mass is 9.92. The molecule has 5 nitrogen and oxygen atoms in total. The molecule has 1 unspecified atom stereocenters. The molecule has 0 radical (unpaired) electrons. The highest BCUT2D eigenvalue weighted by Crippen LogP contribution is 2.40. The van der Waals surface area contributed by atoms with Crippen LogP contribution in [0.4, 0.5) is 5.69 Å². The third-order valence-electron chi connectivity index (χ3n) is 8.18. The number of aryl methyl sites for hydroxylation is 2. The molecule has 1 aliphatic carbocycles. The number of amides is 1. The number of carbonyl (C=O) groups is 1. The molecule has 3 aromatic carbocycles. The van der Waals surface area contributed by atoms with Crippen molar-refractivity contribution in [3.63, 3.8) is 0 Å². The fraction of sp³-hybridized carbons (Fsp3) is 0.412. The smallest absolute Gasteiger partial charge is 0.254 e. The van der Waals surface area contributed by atoms with Crippen molar-refractivity contribution in [2.24, 2.45) is 10.7 Å². The van der Waals surface area contributed by atoms with Crippen LogP contribution in [0.15, 0.2) is 71.7 Å². The average Bonchev–Trinajstić information content (AvgIpc) is 3.27. The lowest BCUT2D eigenvalue weighted by Gasteiger charge is -2.34. The molecule has 1 amide bonds. The Balaban J connectivity index is 1.23. The van der Waals surface area contributed by atoms with E-state index in [2.05, 4.69) is 35.0 Å². The minimum atomic E-state index is 0.0802. The maximum Gasteiger partial charge on any atom is 0.254 e. The van der Waals surface area contributed by atoms with Gasteiger partial charge in [-0.15, -0.1) is 0 Å². The van der Waals surface area contributed by atoms with Crippen LogP contribution in [0.3, 0.4) is 0 Å². The lowest BCUT2D eigenvalue weighted by molar-refractivity contribution is 0.0634. The van der Waals surface area contributed by atoms with Gasteiger partial charge in [0, 0.05) is 24.1 Å². The minimum absolute atomic E-state index is 0.0802. The summed E-state index contributed by atoms with van der Waals surface area (Å²) in [5, 5.41) is 0. The average molecular weight is 524 g/mol. The lowest BCUT2D eigenvalue weighted by Crippen LogP contribution is -2.42. The zero-order chi connectivity index (χ0) is 27.2. The summed E-state index contributed by atoms with van der Waals surface area (Å²) >= 11 is 0. The molecule has 1 fully saturated rings. The van der Waals surface area contributed by atoms with Crippen LogP contribution in [-0.4, -0.2) is 29.2 Å². The predicted octanol–water partition coefficient (Wildman–Crippen LogP) is 8.08. The fourth-order valence-electron chi connectivity index (χ4n) is 6.07. The van der Waals surface area contributed by atoms with Crippen LogP contribution in [0.2, 0.25) is 0 Å². The molecule has 0 bridgehead atoms. The van der Waals surface area contributed by atoms with E-state index in [1.165, 1.54) is 24.8 Å². The van der Waals surface area contributed by atoms with Crippen LogP contribution < -0.4 is 10.5 Å². The molecule has 1 heterocycles. The first-order valence-electron chi connectivity index (χ1n) is 14.6. The molecule has 0 spiro atoms. The number of benzene rings is 3. The van der Waals surface area contributed by atoms with Crippen LogP contribution in [-0.2, 0) is 6.42 Å². The summed E-state index contributed by atoms with van der Waals surface area (Å²) in [6.45, 7) is 5.04. The molecule has 0 aromatic heterocycles. The largest absolute Gasteiger partial charge is 0.457 e. The Labute approximate surface area is 233 Å². The van der Waals surface area contributed by atoms with Gasteiger partial charge in [-0.05, 0) is 98.5 Å². The Morgan fingerprint density at radius 3 is 2.64 bits per heavy atom. The van der Waals surface area contributed by atoms with Crippen molar-refractivity contribution in [3.8, 4) is 11.5 Å². The van der Waals surface area contributed by atoms with E-state index in [1.54, 1.807) is 0 Å². The number of carbonyl (C=O) groups excluding carboxylic acids is 1. The third kappa shape index (κ3) is 6.35. The zero-order valence-corrected chi connectivity index (χ0v) is 23.4. The molecule has 1 aliphatic heterocycles. The Morgan fingerprint density at radius 1 is 1.03 bits per heavy atom. The number of hydrogen-bond donors (Lipinski definition) is 1. The van der Waals surface area contributed by atoms with Crippen molar-refractivity contribution >= 4 is 17.4 Å². The van der Waals surface area contributed by atoms with Crippen LogP contribution in [0.5, 0.6) is 11.5 Å². The monoisotopic (exact) mass is 523 g/mol. The van der Waals surface area contributed by atoms with Gasteiger partial charge < -0.3 is 15.4 Å². The van der Waals surface area contributed by atoms with Crippen LogP contribution in [0.1, 0.15) is 91.3 Å². The standard InChI is InChI=1S/C34H41N3O2/c1-3-21-37(27-15-5-4-6-16-27)34(38)26-14-9-12-25(22-26)13-10-17-29-30-23-28(19-20-31(30)36-33(29)35)39-32-18-8-7-11-24(32)2/h7-9,11-12,14,18-20,22-23,27,29H,3-6,10,13,15-17,21H2,1-2H3,(H2,35,36). The fourth-order valence-corrected chi connectivity index (χ4v) is 6.07. The molecule has 5 heteroatoms. The summed E-state index contributed by atoms with van der Waals surface area (Å²) in [6.07, 6.45) is 9.78. The second kappa shape index (κ2) is 12.5. The van der Waals surface area contributed by atoms with Gasteiger partial charge in [0.1, 0.15) is 17.3 Å². The molecule has 5 rings (SSSR count). The zero-order valence-electron chi connectivity index (χ0n) is 23.4. The van der Waals surface area contributed by atoms with Gasteiger partial charge in [-0.25, -0.2) is 4.99 Å². The van der Waals surface area contributed by atoms with E-state index >= 15 is 0 Å². The number of amidine groups is 1. The van der Waals surface area contributed by atoms with E-state index in [-0.39, 0.29) is 11.8 Å². The number of rotatable bonds is 10. The molecule has 39 heavy (non-hydrogen) atoms. The molecule has 3 aromatic rings. The number of aliphatic imine (C=N–C) groups is 1. The molecular formula is C34H41N3O2. The summed E-state index contributed by atoms with van der Waals surface area (Å²) in [6, 6.07) is 22.7. The van der Waals surface area contributed by atoms with Crippen molar-refractivity contribution in [1.29, 1.82) is 0 Å². The normalized spacial score (nSPS) is 17.0. The first-order valence-corrected chi connectivity index (χ1v) is 14.6. The Kier molecular flexibility index (Phi) is 8.65. The van der Waals surface area contributed by atoms with Crippen molar-refractivity contribution in [3.05, 3.63) is 89.0 Å². The number of hydrogen-bond acceptors (Lipinski definition) is 4. The van der Waals surface area contributed by atoms with Crippen LogP contribution in [0, 0.1) is 6.92 Å². The van der Waals surface area contributed by atoms with Gasteiger partial charge in [0.15, 0.2) is 0 Å². The van der Waals surface area contributed by atoms with Gasteiger partial charge in [0.05, 0.1) is 5.69 Å². The SMILES string of the molecule is CCCN(C(=O)c1cccc(CCCC2C(N)=Nc3ccc(Oc4ccccc4C)cc32)c1)C1CCCCC1. The van der Waals surface area contributed by atoms with E-state index in [4.69, 9.17) is 10.5 Å². The Bertz CT molecular complexity index is 1330.